The zero-order valence-corrected chi connectivity index (χ0v) is 22.4. The molecule has 1 atom stereocenters. The molecule has 0 fully saturated rings. The molecule has 0 spiro atoms. The summed E-state index contributed by atoms with van der Waals surface area (Å²) in [6.45, 7) is 8.73. The quantitative estimate of drug-likeness (QED) is 0.112. The zero-order chi connectivity index (χ0) is 22.7. The SMILES string of the molecule is [CH2]CCC(CCCCCCC)CCCCCCCCCCCCCCCCCCCC. The predicted octanol–water partition coefficient (Wildman–Crippen LogP) is 12.0. The molecule has 0 saturated heterocycles. The maximum absolute atomic E-state index is 4.11. The Morgan fingerprint density at radius 1 is 0.355 bits per heavy atom. The summed E-state index contributed by atoms with van der Waals surface area (Å²) in [5.41, 5.74) is 0. The van der Waals surface area contributed by atoms with Gasteiger partial charge in [0, 0.05) is 0 Å². The minimum absolute atomic E-state index is 0.972. The molecule has 0 heteroatoms. The van der Waals surface area contributed by atoms with Crippen LogP contribution in [-0.2, 0) is 0 Å². The van der Waals surface area contributed by atoms with E-state index in [1.54, 1.807) is 0 Å². The van der Waals surface area contributed by atoms with Crippen molar-refractivity contribution in [3.05, 3.63) is 6.92 Å². The molecule has 0 aromatic heterocycles. The third-order valence-corrected chi connectivity index (χ3v) is 7.29. The van der Waals surface area contributed by atoms with Crippen LogP contribution in [0, 0.1) is 12.8 Å². The summed E-state index contributed by atoms with van der Waals surface area (Å²) in [4.78, 5) is 0. The second-order valence-electron chi connectivity index (χ2n) is 10.5. The highest BCUT2D eigenvalue weighted by atomic mass is 14.1. The van der Waals surface area contributed by atoms with Crippen LogP contribution < -0.4 is 0 Å². The maximum atomic E-state index is 4.11. The van der Waals surface area contributed by atoms with Gasteiger partial charge in [0.15, 0.2) is 0 Å². The molecule has 0 rings (SSSR count). The van der Waals surface area contributed by atoms with Crippen LogP contribution >= 0.6 is 0 Å². The van der Waals surface area contributed by atoms with Gasteiger partial charge in [0.05, 0.1) is 0 Å². The molecular formula is C31H63. The molecule has 0 aliphatic heterocycles. The number of hydrogen-bond acceptors (Lipinski definition) is 0. The lowest BCUT2D eigenvalue weighted by molar-refractivity contribution is 0.382. The van der Waals surface area contributed by atoms with Crippen molar-refractivity contribution in [2.75, 3.05) is 0 Å². The van der Waals surface area contributed by atoms with Gasteiger partial charge in [-0.2, -0.15) is 0 Å². The molecular weight excluding hydrogens is 372 g/mol. The lowest BCUT2D eigenvalue weighted by atomic mass is 9.90. The Morgan fingerprint density at radius 2 is 0.613 bits per heavy atom. The number of hydrogen-bond donors (Lipinski definition) is 0. The van der Waals surface area contributed by atoms with E-state index in [1.807, 2.05) is 0 Å². The van der Waals surface area contributed by atoms with Gasteiger partial charge in [0.2, 0.25) is 0 Å². The first kappa shape index (κ1) is 31.0. The van der Waals surface area contributed by atoms with E-state index >= 15 is 0 Å². The van der Waals surface area contributed by atoms with Gasteiger partial charge in [-0.15, -0.1) is 0 Å². The van der Waals surface area contributed by atoms with Crippen molar-refractivity contribution in [2.24, 2.45) is 5.92 Å². The monoisotopic (exact) mass is 435 g/mol. The Hall–Kier alpha value is 0. The van der Waals surface area contributed by atoms with Crippen LogP contribution in [0.25, 0.3) is 0 Å². The highest BCUT2D eigenvalue weighted by Crippen LogP contribution is 2.23. The lowest BCUT2D eigenvalue weighted by Crippen LogP contribution is -2.00. The van der Waals surface area contributed by atoms with Crippen molar-refractivity contribution in [1.29, 1.82) is 0 Å². The van der Waals surface area contributed by atoms with Crippen molar-refractivity contribution in [2.45, 2.75) is 187 Å². The minimum atomic E-state index is 0.972. The van der Waals surface area contributed by atoms with Gasteiger partial charge in [-0.05, 0) is 5.92 Å². The highest BCUT2D eigenvalue weighted by Gasteiger charge is 2.07. The zero-order valence-electron chi connectivity index (χ0n) is 22.4. The Bertz CT molecular complexity index is 294. The van der Waals surface area contributed by atoms with Crippen molar-refractivity contribution in [1.82, 2.24) is 0 Å². The van der Waals surface area contributed by atoms with E-state index in [0.717, 1.165) is 12.3 Å². The van der Waals surface area contributed by atoms with Gasteiger partial charge >= 0.3 is 0 Å². The molecule has 31 heavy (non-hydrogen) atoms. The van der Waals surface area contributed by atoms with E-state index in [1.165, 1.54) is 167 Å². The van der Waals surface area contributed by atoms with Crippen molar-refractivity contribution in [3.8, 4) is 0 Å². The Balaban J connectivity index is 3.26. The standard InChI is InChI=1S/C31H63/c1-4-7-9-11-12-13-14-15-16-17-18-19-20-21-22-23-25-27-30-31(28-6-3)29-26-24-10-8-5-2/h31H,3-30H2,1-2H3. The van der Waals surface area contributed by atoms with E-state index < -0.39 is 0 Å². The van der Waals surface area contributed by atoms with Crippen molar-refractivity contribution in [3.63, 3.8) is 0 Å². The molecule has 0 N–H and O–H groups in total. The van der Waals surface area contributed by atoms with Gasteiger partial charge in [0.1, 0.15) is 0 Å². The van der Waals surface area contributed by atoms with Crippen LogP contribution in [0.4, 0.5) is 0 Å². The fourth-order valence-electron chi connectivity index (χ4n) is 5.09. The third-order valence-electron chi connectivity index (χ3n) is 7.29. The second-order valence-corrected chi connectivity index (χ2v) is 10.5. The highest BCUT2D eigenvalue weighted by molar-refractivity contribution is 4.62. The molecule has 0 nitrogen and oxygen atoms in total. The first-order chi connectivity index (χ1) is 15.3. The average molecular weight is 436 g/mol. The number of rotatable bonds is 27. The summed E-state index contributed by atoms with van der Waals surface area (Å²) in [5, 5.41) is 0. The first-order valence-corrected chi connectivity index (χ1v) is 15.1. The molecule has 0 aromatic rings. The van der Waals surface area contributed by atoms with Gasteiger partial charge in [-0.25, -0.2) is 0 Å². The second kappa shape index (κ2) is 28.0. The van der Waals surface area contributed by atoms with Gasteiger partial charge < -0.3 is 0 Å². The fraction of sp³-hybridized carbons (Fsp3) is 0.968. The Kier molecular flexibility index (Phi) is 28.0. The summed E-state index contributed by atoms with van der Waals surface area (Å²) in [6, 6.07) is 0. The van der Waals surface area contributed by atoms with E-state index in [4.69, 9.17) is 0 Å². The summed E-state index contributed by atoms with van der Waals surface area (Å²) in [6.07, 6.45) is 39.1. The van der Waals surface area contributed by atoms with Crippen LogP contribution in [-0.4, -0.2) is 0 Å². The molecule has 1 unspecified atom stereocenters. The fourth-order valence-corrected chi connectivity index (χ4v) is 5.09. The largest absolute Gasteiger partial charge is 0.0654 e. The van der Waals surface area contributed by atoms with E-state index in [2.05, 4.69) is 20.8 Å². The third kappa shape index (κ3) is 26.1. The van der Waals surface area contributed by atoms with Gasteiger partial charge in [-0.3, -0.25) is 0 Å². The molecule has 187 valence electrons. The van der Waals surface area contributed by atoms with Crippen LogP contribution in [0.5, 0.6) is 0 Å². The maximum Gasteiger partial charge on any atom is -0.0414 e. The summed E-state index contributed by atoms with van der Waals surface area (Å²) in [7, 11) is 0. The predicted molar refractivity (Wildman–Crippen MR) is 145 cm³/mol. The molecule has 0 aliphatic carbocycles. The average Bonchev–Trinajstić information content (AvgIpc) is 2.78. The van der Waals surface area contributed by atoms with Crippen LogP contribution in [0.2, 0.25) is 0 Å². The minimum Gasteiger partial charge on any atom is -0.0654 e. The van der Waals surface area contributed by atoms with Crippen LogP contribution in [0.15, 0.2) is 0 Å². The molecule has 0 bridgehead atoms. The molecule has 0 heterocycles. The van der Waals surface area contributed by atoms with Crippen molar-refractivity contribution >= 4 is 0 Å². The molecule has 0 aliphatic rings. The van der Waals surface area contributed by atoms with Crippen molar-refractivity contribution < 1.29 is 0 Å². The van der Waals surface area contributed by atoms with Gasteiger partial charge in [-0.1, -0.05) is 194 Å². The lowest BCUT2D eigenvalue weighted by Gasteiger charge is -2.16. The van der Waals surface area contributed by atoms with Crippen LogP contribution in [0.1, 0.15) is 187 Å². The summed E-state index contributed by atoms with van der Waals surface area (Å²) in [5.74, 6) is 0.972. The Labute approximate surface area is 200 Å². The van der Waals surface area contributed by atoms with E-state index in [0.29, 0.717) is 0 Å². The number of unbranched alkanes of at least 4 members (excludes halogenated alkanes) is 21. The van der Waals surface area contributed by atoms with E-state index in [-0.39, 0.29) is 0 Å². The topological polar surface area (TPSA) is 0 Å². The van der Waals surface area contributed by atoms with Crippen LogP contribution in [0.3, 0.4) is 0 Å². The normalized spacial score (nSPS) is 12.5. The van der Waals surface area contributed by atoms with Gasteiger partial charge in [0.25, 0.3) is 0 Å². The smallest absolute Gasteiger partial charge is 0.0414 e. The molecule has 0 saturated carbocycles. The molecule has 1 radical (unpaired) electrons. The Morgan fingerprint density at radius 3 is 0.871 bits per heavy atom. The van der Waals surface area contributed by atoms with E-state index in [9.17, 15) is 0 Å². The first-order valence-electron chi connectivity index (χ1n) is 15.1. The molecule has 0 aromatic carbocycles. The summed E-state index contributed by atoms with van der Waals surface area (Å²) >= 11 is 0. The molecule has 0 amide bonds. The summed E-state index contributed by atoms with van der Waals surface area (Å²) < 4.78 is 0.